The van der Waals surface area contributed by atoms with Crippen LogP contribution in [0.4, 0.5) is 0 Å². The molecule has 0 radical (unpaired) electrons. The van der Waals surface area contributed by atoms with E-state index < -0.39 is 13.4 Å². The summed E-state index contributed by atoms with van der Waals surface area (Å²) < 4.78 is 15.4. The van der Waals surface area contributed by atoms with E-state index in [0.717, 1.165) is 20.9 Å². The number of halogens is 1. The average Bonchev–Trinajstić information content (AvgIpc) is 2.60. The molecule has 0 amide bonds. The summed E-state index contributed by atoms with van der Waals surface area (Å²) in [5, 5.41) is 10.7. The maximum atomic E-state index is 10.9. The van der Waals surface area contributed by atoms with Gasteiger partial charge in [-0.3, -0.25) is 4.52 Å². The summed E-state index contributed by atoms with van der Waals surface area (Å²) in [5.74, 6) is 0.588. The van der Waals surface area contributed by atoms with Crippen LogP contribution in [0.2, 0.25) is 5.02 Å². The molecule has 2 rings (SSSR count). The van der Waals surface area contributed by atoms with Crippen molar-refractivity contribution in [3.8, 4) is 5.75 Å². The van der Waals surface area contributed by atoms with Gasteiger partial charge in [0.2, 0.25) is 0 Å². The van der Waals surface area contributed by atoms with Crippen LogP contribution < -0.4 is 5.73 Å². The second-order valence-electron chi connectivity index (χ2n) is 7.66. The van der Waals surface area contributed by atoms with Gasteiger partial charge in [-0.05, 0) is 61.1 Å². The summed E-state index contributed by atoms with van der Waals surface area (Å²) in [5.41, 5.74) is 7.19. The van der Waals surface area contributed by atoms with E-state index in [2.05, 4.69) is 18.4 Å². The number of phosphoric ester groups is 1. The first kappa shape index (κ1) is 24.2. The van der Waals surface area contributed by atoms with E-state index in [9.17, 15) is 9.67 Å². The molecule has 29 heavy (non-hydrogen) atoms. The van der Waals surface area contributed by atoms with Crippen molar-refractivity contribution in [3.63, 3.8) is 0 Å². The first-order valence-corrected chi connectivity index (χ1v) is 11.9. The van der Waals surface area contributed by atoms with Crippen LogP contribution in [0.3, 0.4) is 0 Å². The molecule has 9 heteroatoms. The predicted molar refractivity (Wildman–Crippen MR) is 117 cm³/mol. The highest BCUT2D eigenvalue weighted by Gasteiger charge is 2.24. The molecule has 0 spiro atoms. The second-order valence-corrected chi connectivity index (χ2v) is 10.4. The summed E-state index contributed by atoms with van der Waals surface area (Å²) >= 11 is 7.86. The average molecular weight is 460 g/mol. The Labute approximate surface area is 180 Å². The van der Waals surface area contributed by atoms with Crippen molar-refractivity contribution in [2.45, 2.75) is 54.9 Å². The lowest BCUT2D eigenvalue weighted by atomic mass is 9.95. The van der Waals surface area contributed by atoms with Gasteiger partial charge < -0.3 is 20.6 Å². The van der Waals surface area contributed by atoms with Gasteiger partial charge in [0.25, 0.3) is 0 Å². The van der Waals surface area contributed by atoms with E-state index in [1.165, 1.54) is 11.8 Å². The minimum absolute atomic E-state index is 0.226. The normalized spacial score (nSPS) is 14.2. The lowest BCUT2D eigenvalue weighted by Crippen LogP contribution is -2.41. The van der Waals surface area contributed by atoms with Crippen molar-refractivity contribution in [2.75, 3.05) is 6.61 Å². The van der Waals surface area contributed by atoms with E-state index in [1.807, 2.05) is 30.3 Å². The first-order valence-electron chi connectivity index (χ1n) is 9.14. The molecule has 0 aromatic heterocycles. The highest BCUT2D eigenvalue weighted by molar-refractivity contribution is 7.99. The Morgan fingerprint density at radius 1 is 1.24 bits per heavy atom. The van der Waals surface area contributed by atoms with Gasteiger partial charge in [-0.15, -0.1) is 0 Å². The van der Waals surface area contributed by atoms with E-state index in [4.69, 9.17) is 27.1 Å². The van der Waals surface area contributed by atoms with Crippen LogP contribution in [0, 0.1) is 0 Å². The summed E-state index contributed by atoms with van der Waals surface area (Å²) in [6.07, 6.45) is 0.978. The Kier molecular flexibility index (Phi) is 8.22. The van der Waals surface area contributed by atoms with E-state index in [1.54, 1.807) is 13.0 Å². The Hall–Kier alpha value is -1.05. The van der Waals surface area contributed by atoms with Crippen LogP contribution in [-0.2, 0) is 15.5 Å². The van der Waals surface area contributed by atoms with Gasteiger partial charge >= 0.3 is 7.82 Å². The van der Waals surface area contributed by atoms with E-state index in [0.29, 0.717) is 23.8 Å². The molecule has 0 aliphatic rings. The lowest BCUT2D eigenvalue weighted by Gasteiger charge is -2.24. The smallest absolute Gasteiger partial charge is 0.469 e. The van der Waals surface area contributed by atoms with Crippen molar-refractivity contribution in [1.29, 1.82) is 0 Å². The lowest BCUT2D eigenvalue weighted by molar-refractivity contribution is 0.154. The molecule has 5 N–H and O–H groups in total. The highest BCUT2D eigenvalue weighted by Crippen LogP contribution is 2.39. The first-order chi connectivity index (χ1) is 13.4. The molecule has 160 valence electrons. The molecule has 0 saturated heterocycles. The number of hydrogen-bond donors (Lipinski definition) is 4. The van der Waals surface area contributed by atoms with Crippen LogP contribution in [-0.4, -0.2) is 27.0 Å². The Morgan fingerprint density at radius 3 is 2.52 bits per heavy atom. The Morgan fingerprint density at radius 2 is 1.93 bits per heavy atom. The number of phosphoric acid groups is 1. The predicted octanol–water partition coefficient (Wildman–Crippen LogP) is 5.08. The zero-order valence-corrected chi connectivity index (χ0v) is 19.1. The number of aromatic hydroxyl groups is 1. The minimum Gasteiger partial charge on any atom is -0.507 e. The molecule has 0 aliphatic carbocycles. The van der Waals surface area contributed by atoms with Crippen molar-refractivity contribution < 1.29 is 24.0 Å². The summed E-state index contributed by atoms with van der Waals surface area (Å²) in [6.45, 7) is 5.62. The highest BCUT2D eigenvalue weighted by atomic mass is 35.5. The summed E-state index contributed by atoms with van der Waals surface area (Å²) in [7, 11) is -4.55. The molecule has 1 atom stereocenters. The monoisotopic (exact) mass is 459 g/mol. The molecule has 0 saturated carbocycles. The molecule has 0 bridgehead atoms. The fourth-order valence-corrected chi connectivity index (χ4v) is 4.35. The Balaban J connectivity index is 2.05. The second kappa shape index (κ2) is 9.84. The van der Waals surface area contributed by atoms with E-state index >= 15 is 0 Å². The molecular formula is C20H27ClNO5PS. The quantitative estimate of drug-likeness (QED) is 0.387. The summed E-state index contributed by atoms with van der Waals surface area (Å²) in [6, 6.07) is 11.3. The van der Waals surface area contributed by atoms with Crippen molar-refractivity contribution in [3.05, 3.63) is 52.5 Å². The molecule has 0 heterocycles. The van der Waals surface area contributed by atoms with Gasteiger partial charge in [0, 0.05) is 15.5 Å². The van der Waals surface area contributed by atoms with Crippen molar-refractivity contribution in [2.24, 2.45) is 5.73 Å². The van der Waals surface area contributed by atoms with Crippen LogP contribution in [0.1, 0.15) is 44.2 Å². The Bertz CT molecular complexity index is 900. The fourth-order valence-electron chi connectivity index (χ4n) is 2.62. The van der Waals surface area contributed by atoms with Crippen LogP contribution in [0.5, 0.6) is 5.75 Å². The largest absolute Gasteiger partial charge is 0.507 e. The zero-order valence-electron chi connectivity index (χ0n) is 16.6. The van der Waals surface area contributed by atoms with Crippen LogP contribution >= 0.6 is 31.2 Å². The topological polar surface area (TPSA) is 113 Å². The third kappa shape index (κ3) is 7.95. The van der Waals surface area contributed by atoms with Crippen molar-refractivity contribution in [1.82, 2.24) is 0 Å². The zero-order chi connectivity index (χ0) is 21.8. The summed E-state index contributed by atoms with van der Waals surface area (Å²) in [4.78, 5) is 19.3. The molecule has 6 nitrogen and oxygen atoms in total. The number of rotatable bonds is 9. The molecule has 2 aromatic carbocycles. The van der Waals surface area contributed by atoms with Crippen LogP contribution in [0.25, 0.3) is 0 Å². The third-order valence-corrected chi connectivity index (χ3v) is 6.28. The molecule has 0 fully saturated rings. The van der Waals surface area contributed by atoms with Gasteiger partial charge in [-0.25, -0.2) is 4.57 Å². The maximum Gasteiger partial charge on any atom is 0.469 e. The van der Waals surface area contributed by atoms with Gasteiger partial charge in [0.15, 0.2) is 0 Å². The van der Waals surface area contributed by atoms with Gasteiger partial charge in [-0.2, -0.15) is 0 Å². The van der Waals surface area contributed by atoms with E-state index in [-0.39, 0.29) is 12.4 Å². The standard InChI is InChI=1S/C20H27ClNO5PS/c1-13(2)15-5-7-18(23)19(10-15)29-16-6-4-14(17(21)11-16)8-9-20(3,22)12-27-28(24,25)26/h4-7,10-11,13,23H,8-9,12,22H2,1-3H3,(H2,24,25,26). The number of phenolic OH excluding ortho intramolecular Hbond substituents is 1. The molecule has 0 aliphatic heterocycles. The SMILES string of the molecule is CC(C)c1ccc(O)c(Sc2ccc(CCC(C)(N)COP(=O)(O)O)c(Cl)c2)c1. The third-order valence-electron chi connectivity index (χ3n) is 4.43. The van der Waals surface area contributed by atoms with Gasteiger partial charge in [0.1, 0.15) is 5.75 Å². The van der Waals surface area contributed by atoms with Crippen LogP contribution in [0.15, 0.2) is 46.2 Å². The number of aryl methyl sites for hydroxylation is 1. The fraction of sp³-hybridized carbons (Fsp3) is 0.400. The minimum atomic E-state index is -4.55. The molecule has 2 aromatic rings. The number of nitrogens with two attached hydrogens (primary N) is 1. The number of benzene rings is 2. The number of hydrogen-bond acceptors (Lipinski definition) is 5. The molecule has 1 unspecified atom stereocenters. The maximum absolute atomic E-state index is 10.9. The van der Waals surface area contributed by atoms with Crippen molar-refractivity contribution >= 4 is 31.2 Å². The number of phenols is 1. The van der Waals surface area contributed by atoms with Gasteiger partial charge in [-0.1, -0.05) is 49.3 Å². The van der Waals surface area contributed by atoms with Gasteiger partial charge in [0.05, 0.1) is 11.5 Å². The molecular weight excluding hydrogens is 433 g/mol.